The zero-order chi connectivity index (χ0) is 20.3. The number of hydrogen-bond donors (Lipinski definition) is 1. The van der Waals surface area contributed by atoms with Crippen LogP contribution in [0.2, 0.25) is 5.02 Å². The van der Waals surface area contributed by atoms with Gasteiger partial charge in [0.05, 0.1) is 16.3 Å². The summed E-state index contributed by atoms with van der Waals surface area (Å²) in [6, 6.07) is 15.0. The van der Waals surface area contributed by atoms with Crippen LogP contribution in [0.1, 0.15) is 27.2 Å². The standard InChI is InChI=1S/C20H13ClF3IN2O/c21-17-10-14(20(22,23)24)11-26-18(17)9-12-1-7-16(8-2-12)27-19(28)13-3-5-15(25)6-4-13/h1-8,10-11H,9H2,(H,27,28). The summed E-state index contributed by atoms with van der Waals surface area (Å²) >= 11 is 8.11. The van der Waals surface area contributed by atoms with Gasteiger partial charge < -0.3 is 5.32 Å². The van der Waals surface area contributed by atoms with Gasteiger partial charge in [0.2, 0.25) is 0 Å². The SMILES string of the molecule is O=C(Nc1ccc(Cc2ncc(C(F)(F)F)cc2Cl)cc1)c1ccc(I)cc1. The zero-order valence-electron chi connectivity index (χ0n) is 14.2. The summed E-state index contributed by atoms with van der Waals surface area (Å²) in [5.74, 6) is -0.225. The van der Waals surface area contributed by atoms with E-state index >= 15 is 0 Å². The Bertz CT molecular complexity index is 990. The van der Waals surface area contributed by atoms with Gasteiger partial charge in [0, 0.05) is 27.4 Å². The largest absolute Gasteiger partial charge is 0.417 e. The number of benzene rings is 2. The van der Waals surface area contributed by atoms with Gasteiger partial charge in [0.1, 0.15) is 0 Å². The predicted molar refractivity (Wildman–Crippen MR) is 111 cm³/mol. The summed E-state index contributed by atoms with van der Waals surface area (Å²) < 4.78 is 39.1. The first-order valence-corrected chi connectivity index (χ1v) is 9.55. The van der Waals surface area contributed by atoms with Crippen molar-refractivity contribution in [3.8, 4) is 0 Å². The number of anilines is 1. The number of alkyl halides is 3. The maximum absolute atomic E-state index is 12.7. The smallest absolute Gasteiger partial charge is 0.322 e. The number of amides is 1. The molecule has 3 rings (SSSR count). The molecule has 3 aromatic rings. The number of carbonyl (C=O) groups excluding carboxylic acids is 1. The molecule has 0 unspecified atom stereocenters. The summed E-state index contributed by atoms with van der Waals surface area (Å²) in [5, 5.41) is 2.76. The lowest BCUT2D eigenvalue weighted by Crippen LogP contribution is -2.11. The van der Waals surface area contributed by atoms with Crippen molar-refractivity contribution in [1.29, 1.82) is 0 Å². The lowest BCUT2D eigenvalue weighted by Gasteiger charge is -2.10. The number of hydrogen-bond acceptors (Lipinski definition) is 2. The molecule has 1 heterocycles. The van der Waals surface area contributed by atoms with Crippen LogP contribution in [0.3, 0.4) is 0 Å². The van der Waals surface area contributed by atoms with Crippen LogP contribution in [-0.2, 0) is 12.6 Å². The molecule has 0 spiro atoms. The van der Waals surface area contributed by atoms with E-state index in [1.54, 1.807) is 36.4 Å². The summed E-state index contributed by atoms with van der Waals surface area (Å²) in [7, 11) is 0. The molecule has 144 valence electrons. The molecule has 0 radical (unpaired) electrons. The van der Waals surface area contributed by atoms with Crippen molar-refractivity contribution < 1.29 is 18.0 Å². The molecule has 28 heavy (non-hydrogen) atoms. The van der Waals surface area contributed by atoms with Gasteiger partial charge in [-0.1, -0.05) is 23.7 Å². The molecule has 8 heteroatoms. The van der Waals surface area contributed by atoms with Gasteiger partial charge in [0.15, 0.2) is 0 Å². The molecule has 0 aliphatic heterocycles. The van der Waals surface area contributed by atoms with Crippen molar-refractivity contribution >= 4 is 45.8 Å². The van der Waals surface area contributed by atoms with E-state index in [9.17, 15) is 18.0 Å². The topological polar surface area (TPSA) is 42.0 Å². The number of carbonyl (C=O) groups is 1. The van der Waals surface area contributed by atoms with Crippen LogP contribution >= 0.6 is 34.2 Å². The lowest BCUT2D eigenvalue weighted by molar-refractivity contribution is -0.137. The Hall–Kier alpha value is -2.13. The number of pyridine rings is 1. The molecule has 0 saturated heterocycles. The van der Waals surface area contributed by atoms with Crippen molar-refractivity contribution in [2.45, 2.75) is 12.6 Å². The molecule has 0 bridgehead atoms. The van der Waals surface area contributed by atoms with E-state index in [4.69, 9.17) is 11.6 Å². The second-order valence-electron chi connectivity index (χ2n) is 5.98. The Morgan fingerprint density at radius 2 is 1.71 bits per heavy atom. The number of nitrogens with one attached hydrogen (secondary N) is 1. The van der Waals surface area contributed by atoms with E-state index < -0.39 is 11.7 Å². The highest BCUT2D eigenvalue weighted by Crippen LogP contribution is 2.31. The molecule has 0 aliphatic carbocycles. The minimum atomic E-state index is -4.48. The first-order chi connectivity index (χ1) is 13.2. The van der Waals surface area contributed by atoms with Gasteiger partial charge in [-0.2, -0.15) is 13.2 Å². The van der Waals surface area contributed by atoms with E-state index in [1.165, 1.54) is 0 Å². The number of rotatable bonds is 4. The quantitative estimate of drug-likeness (QED) is 0.420. The van der Waals surface area contributed by atoms with Crippen LogP contribution in [0, 0.1) is 3.57 Å². The molecule has 0 atom stereocenters. The Balaban J connectivity index is 1.68. The van der Waals surface area contributed by atoms with E-state index in [1.807, 2.05) is 12.1 Å². The first kappa shape index (κ1) is 20.6. The molecule has 2 aromatic carbocycles. The second-order valence-corrected chi connectivity index (χ2v) is 7.64. The highest BCUT2D eigenvalue weighted by molar-refractivity contribution is 14.1. The van der Waals surface area contributed by atoms with Crippen LogP contribution in [0.5, 0.6) is 0 Å². The predicted octanol–water partition coefficient (Wildman–Crippen LogP) is 6.20. The minimum absolute atomic E-state index is 0.0362. The minimum Gasteiger partial charge on any atom is -0.322 e. The Morgan fingerprint density at radius 1 is 1.07 bits per heavy atom. The molecular weight excluding hydrogens is 504 g/mol. The molecule has 0 fully saturated rings. The van der Waals surface area contributed by atoms with Crippen LogP contribution < -0.4 is 5.32 Å². The van der Waals surface area contributed by atoms with E-state index in [2.05, 4.69) is 32.9 Å². The van der Waals surface area contributed by atoms with Crippen molar-refractivity contribution in [3.05, 3.63) is 91.8 Å². The zero-order valence-corrected chi connectivity index (χ0v) is 17.1. The first-order valence-electron chi connectivity index (χ1n) is 8.10. The van der Waals surface area contributed by atoms with Gasteiger partial charge in [-0.25, -0.2) is 0 Å². The third kappa shape index (κ3) is 5.23. The van der Waals surface area contributed by atoms with Gasteiger partial charge in [0.25, 0.3) is 5.91 Å². The van der Waals surface area contributed by atoms with Crippen molar-refractivity contribution in [3.63, 3.8) is 0 Å². The molecule has 1 N–H and O–H groups in total. The van der Waals surface area contributed by atoms with Gasteiger partial charge in [-0.3, -0.25) is 9.78 Å². The average Bonchev–Trinajstić information content (AvgIpc) is 2.64. The number of halogens is 5. The van der Waals surface area contributed by atoms with Gasteiger partial charge >= 0.3 is 6.18 Å². The third-order valence-corrected chi connectivity index (χ3v) is 4.98. The fourth-order valence-corrected chi connectivity index (χ4v) is 3.05. The summed E-state index contributed by atoms with van der Waals surface area (Å²) in [4.78, 5) is 16.1. The van der Waals surface area contributed by atoms with Crippen molar-refractivity contribution in [2.24, 2.45) is 0 Å². The molecule has 3 nitrogen and oxygen atoms in total. The third-order valence-electron chi connectivity index (χ3n) is 3.93. The van der Waals surface area contributed by atoms with Crippen molar-refractivity contribution in [1.82, 2.24) is 4.98 Å². The van der Waals surface area contributed by atoms with Crippen LogP contribution in [-0.4, -0.2) is 10.9 Å². The van der Waals surface area contributed by atoms with E-state index in [-0.39, 0.29) is 17.4 Å². The van der Waals surface area contributed by atoms with E-state index in [0.29, 0.717) is 16.9 Å². The summed E-state index contributed by atoms with van der Waals surface area (Å²) in [6.45, 7) is 0. The maximum atomic E-state index is 12.7. The fraction of sp³-hybridized carbons (Fsp3) is 0.100. The van der Waals surface area contributed by atoms with Gasteiger partial charge in [-0.05, 0) is 70.6 Å². The highest BCUT2D eigenvalue weighted by Gasteiger charge is 2.31. The van der Waals surface area contributed by atoms with Crippen LogP contribution in [0.15, 0.2) is 60.8 Å². The Kier molecular flexibility index (Phi) is 6.24. The van der Waals surface area contributed by atoms with Crippen molar-refractivity contribution in [2.75, 3.05) is 5.32 Å². The maximum Gasteiger partial charge on any atom is 0.417 e. The molecule has 0 aliphatic rings. The Morgan fingerprint density at radius 3 is 2.29 bits per heavy atom. The lowest BCUT2D eigenvalue weighted by atomic mass is 10.1. The van der Waals surface area contributed by atoms with Crippen LogP contribution in [0.4, 0.5) is 18.9 Å². The molecular formula is C20H13ClF3IN2O. The second kappa shape index (κ2) is 8.48. The van der Waals surface area contributed by atoms with E-state index in [0.717, 1.165) is 21.4 Å². The Labute approximate surface area is 178 Å². The number of nitrogens with zero attached hydrogens (tertiary/aromatic N) is 1. The highest BCUT2D eigenvalue weighted by atomic mass is 127. The summed E-state index contributed by atoms with van der Waals surface area (Å²) in [6.07, 6.45) is -3.43. The van der Waals surface area contributed by atoms with Gasteiger partial charge in [-0.15, -0.1) is 0 Å². The average molecular weight is 517 g/mol. The molecule has 0 saturated carbocycles. The molecule has 1 aromatic heterocycles. The van der Waals surface area contributed by atoms with Crippen LogP contribution in [0.25, 0.3) is 0 Å². The summed E-state index contributed by atoms with van der Waals surface area (Å²) in [5.41, 5.74) is 1.44. The normalized spacial score (nSPS) is 11.3. The number of aromatic nitrogens is 1. The monoisotopic (exact) mass is 516 g/mol. The molecule has 1 amide bonds. The fourth-order valence-electron chi connectivity index (χ4n) is 2.46.